The molecule has 1 heterocycles. The molecule has 4 nitrogen and oxygen atoms in total. The summed E-state index contributed by atoms with van der Waals surface area (Å²) in [7, 11) is -4.39. The molecule has 0 saturated carbocycles. The van der Waals surface area contributed by atoms with Gasteiger partial charge in [-0.25, -0.2) is 0 Å². The molecule has 2 rings (SSSR count). The molecule has 0 amide bonds. The first-order valence-corrected chi connectivity index (χ1v) is 5.12. The van der Waals surface area contributed by atoms with Crippen molar-refractivity contribution in [3.63, 3.8) is 0 Å². The molecule has 1 aliphatic rings. The molecule has 0 atom stereocenters. The second-order valence-corrected chi connectivity index (χ2v) is 4.02. The third kappa shape index (κ3) is 1.36. The van der Waals surface area contributed by atoms with Crippen molar-refractivity contribution in [1.29, 1.82) is 0 Å². The third-order valence-electron chi connectivity index (χ3n) is 1.95. The predicted octanol–water partition coefficient (Wildman–Crippen LogP) is 0.418. The SMILES string of the molecule is O=S(=O)([O-])[N+]1=CCc2ccccc21. The number of fused-ring (bicyclic) bond motifs is 1. The third-order valence-corrected chi connectivity index (χ3v) is 2.77. The zero-order chi connectivity index (χ0) is 9.47. The number of hydrogen-bond acceptors (Lipinski definition) is 3. The molecule has 0 N–H and O–H groups in total. The molecular weight excluding hydrogens is 190 g/mol. The van der Waals surface area contributed by atoms with Gasteiger partial charge in [-0.2, -0.15) is 8.42 Å². The Morgan fingerprint density at radius 3 is 2.69 bits per heavy atom. The average Bonchev–Trinajstić information content (AvgIpc) is 2.45. The van der Waals surface area contributed by atoms with Gasteiger partial charge in [-0.15, -0.1) is 0 Å². The zero-order valence-corrected chi connectivity index (χ0v) is 7.49. The summed E-state index contributed by atoms with van der Waals surface area (Å²) in [5.74, 6) is 0. The summed E-state index contributed by atoms with van der Waals surface area (Å²) in [6.07, 6.45) is 1.88. The Hall–Kier alpha value is -1.20. The zero-order valence-electron chi connectivity index (χ0n) is 6.67. The Bertz CT molecular complexity index is 476. The Balaban J connectivity index is 2.60. The van der Waals surface area contributed by atoms with E-state index in [1.165, 1.54) is 6.21 Å². The molecule has 1 aliphatic heterocycles. The molecular formula is C8H7NO3S. The predicted molar refractivity (Wildman–Crippen MR) is 45.8 cm³/mol. The molecule has 0 fully saturated rings. The van der Waals surface area contributed by atoms with Crippen molar-refractivity contribution in [2.75, 3.05) is 0 Å². The monoisotopic (exact) mass is 197 g/mol. The first-order chi connectivity index (χ1) is 6.09. The maximum absolute atomic E-state index is 10.7. The lowest BCUT2D eigenvalue weighted by molar-refractivity contribution is -0.264. The first-order valence-electron chi connectivity index (χ1n) is 3.75. The fourth-order valence-electron chi connectivity index (χ4n) is 1.39. The molecule has 68 valence electrons. The van der Waals surface area contributed by atoms with Crippen LogP contribution in [0, 0.1) is 0 Å². The largest absolute Gasteiger partial charge is 0.693 e. The highest BCUT2D eigenvalue weighted by atomic mass is 32.2. The number of nitrogens with zero attached hydrogens (tertiary/aromatic N) is 1. The van der Waals surface area contributed by atoms with E-state index in [4.69, 9.17) is 0 Å². The van der Waals surface area contributed by atoms with Crippen LogP contribution in [-0.2, 0) is 16.7 Å². The van der Waals surface area contributed by atoms with Crippen molar-refractivity contribution in [3.05, 3.63) is 29.8 Å². The minimum Gasteiger partial charge on any atom is -0.693 e. The van der Waals surface area contributed by atoms with Gasteiger partial charge in [0.2, 0.25) is 5.69 Å². The van der Waals surface area contributed by atoms with Crippen LogP contribution in [0.4, 0.5) is 5.69 Å². The van der Waals surface area contributed by atoms with Gasteiger partial charge in [0.1, 0.15) is 0 Å². The normalized spacial score (nSPS) is 15.3. The summed E-state index contributed by atoms with van der Waals surface area (Å²) in [4.78, 5) is 0. The van der Waals surface area contributed by atoms with Gasteiger partial charge in [-0.3, -0.25) is 0 Å². The number of rotatable bonds is 1. The maximum Gasteiger partial charge on any atom is 0.330 e. The van der Waals surface area contributed by atoms with Gasteiger partial charge in [-0.05, 0) is 0 Å². The van der Waals surface area contributed by atoms with Gasteiger partial charge < -0.3 is 4.55 Å². The van der Waals surface area contributed by atoms with Gasteiger partial charge in [0, 0.05) is 11.6 Å². The van der Waals surface area contributed by atoms with E-state index in [-0.39, 0.29) is 0 Å². The molecule has 5 heteroatoms. The number of benzene rings is 1. The van der Waals surface area contributed by atoms with Crippen molar-refractivity contribution in [3.8, 4) is 0 Å². The molecule has 0 saturated heterocycles. The van der Waals surface area contributed by atoms with Crippen molar-refractivity contribution in [1.82, 2.24) is 0 Å². The van der Waals surface area contributed by atoms with Crippen molar-refractivity contribution in [2.45, 2.75) is 6.42 Å². The van der Waals surface area contributed by atoms with E-state index < -0.39 is 10.3 Å². The van der Waals surface area contributed by atoms with Crippen LogP contribution in [0.1, 0.15) is 5.56 Å². The highest BCUT2D eigenvalue weighted by Crippen LogP contribution is 2.24. The molecule has 0 radical (unpaired) electrons. The molecule has 0 bridgehead atoms. The lowest BCUT2D eigenvalue weighted by Gasteiger charge is -2.02. The second-order valence-electron chi connectivity index (χ2n) is 2.77. The van der Waals surface area contributed by atoms with Gasteiger partial charge >= 0.3 is 10.3 Å². The van der Waals surface area contributed by atoms with E-state index in [1.54, 1.807) is 18.2 Å². The van der Waals surface area contributed by atoms with Gasteiger partial charge in [0.15, 0.2) is 6.21 Å². The van der Waals surface area contributed by atoms with E-state index in [1.807, 2.05) is 6.07 Å². The standard InChI is InChI=1S/C8H7NO3S/c10-13(11,12)9-6-5-7-3-1-2-4-8(7)9/h1-4,6H,5H2. The molecule has 0 unspecified atom stereocenters. The van der Waals surface area contributed by atoms with Crippen molar-refractivity contribution >= 4 is 22.2 Å². The summed E-state index contributed by atoms with van der Waals surface area (Å²) in [6.45, 7) is 0. The Labute approximate surface area is 76.0 Å². The Kier molecular flexibility index (Phi) is 1.71. The van der Waals surface area contributed by atoms with Gasteiger partial charge in [0.05, 0.1) is 6.42 Å². The van der Waals surface area contributed by atoms with Crippen LogP contribution >= 0.6 is 0 Å². The fraction of sp³-hybridized carbons (Fsp3) is 0.125. The summed E-state index contributed by atoms with van der Waals surface area (Å²) >= 11 is 0. The molecule has 13 heavy (non-hydrogen) atoms. The minimum absolute atomic E-state index is 0.470. The summed E-state index contributed by atoms with van der Waals surface area (Å²) in [5, 5.41) is 0. The maximum atomic E-state index is 10.7. The number of hydrogen-bond donors (Lipinski definition) is 0. The highest BCUT2D eigenvalue weighted by molar-refractivity contribution is 7.79. The summed E-state index contributed by atoms with van der Waals surface area (Å²) in [5.41, 5.74) is 1.33. The van der Waals surface area contributed by atoms with Crippen LogP contribution < -0.4 is 0 Å². The van der Waals surface area contributed by atoms with Crippen molar-refractivity contribution in [2.24, 2.45) is 0 Å². The molecule has 0 spiro atoms. The van der Waals surface area contributed by atoms with Crippen LogP contribution in [-0.4, -0.2) is 23.2 Å². The summed E-state index contributed by atoms with van der Waals surface area (Å²) < 4.78 is 33.0. The quantitative estimate of drug-likeness (QED) is 0.484. The van der Waals surface area contributed by atoms with Gasteiger partial charge in [-0.1, -0.05) is 22.2 Å². The van der Waals surface area contributed by atoms with Crippen LogP contribution in [0.3, 0.4) is 0 Å². The van der Waals surface area contributed by atoms with E-state index in [0.29, 0.717) is 12.1 Å². The Morgan fingerprint density at radius 1 is 1.31 bits per heavy atom. The van der Waals surface area contributed by atoms with Crippen LogP contribution in [0.2, 0.25) is 0 Å². The highest BCUT2D eigenvalue weighted by Gasteiger charge is 2.25. The van der Waals surface area contributed by atoms with Crippen LogP contribution in [0.25, 0.3) is 0 Å². The average molecular weight is 197 g/mol. The van der Waals surface area contributed by atoms with Crippen LogP contribution in [0.15, 0.2) is 24.3 Å². The smallest absolute Gasteiger partial charge is 0.330 e. The van der Waals surface area contributed by atoms with Crippen molar-refractivity contribution < 1.29 is 17.0 Å². The van der Waals surface area contributed by atoms with E-state index in [2.05, 4.69) is 0 Å². The van der Waals surface area contributed by atoms with E-state index in [0.717, 1.165) is 9.54 Å². The molecule has 1 aromatic rings. The molecule has 0 aromatic heterocycles. The first kappa shape index (κ1) is 8.40. The Morgan fingerprint density at radius 2 is 2.00 bits per heavy atom. The minimum atomic E-state index is -4.39. The molecule has 0 aliphatic carbocycles. The topological polar surface area (TPSA) is 60.2 Å². The summed E-state index contributed by atoms with van der Waals surface area (Å²) in [6, 6.07) is 6.94. The van der Waals surface area contributed by atoms with Gasteiger partial charge in [0.25, 0.3) is 0 Å². The van der Waals surface area contributed by atoms with E-state index >= 15 is 0 Å². The second kappa shape index (κ2) is 2.65. The van der Waals surface area contributed by atoms with Crippen LogP contribution in [0.5, 0.6) is 0 Å². The van der Waals surface area contributed by atoms with E-state index in [9.17, 15) is 13.0 Å². The molecule has 1 aromatic carbocycles. The lowest BCUT2D eigenvalue weighted by Crippen LogP contribution is -2.14. The number of para-hydroxylation sites is 1. The lowest BCUT2D eigenvalue weighted by atomic mass is 10.2. The fourth-order valence-corrected chi connectivity index (χ4v) is 2.07.